The number of carbonyl (C=O) groups excluding carboxylic acids is 1. The van der Waals surface area contributed by atoms with E-state index in [0.29, 0.717) is 28.8 Å². The fourth-order valence-corrected chi connectivity index (χ4v) is 4.57. The fourth-order valence-electron chi connectivity index (χ4n) is 3.38. The Balaban J connectivity index is 1.84. The highest BCUT2D eigenvalue weighted by atomic mass is 35.5. The number of hydrogen-bond donors (Lipinski definition) is 0. The van der Waals surface area contributed by atoms with Crippen molar-refractivity contribution in [1.82, 2.24) is 4.90 Å². The molecule has 3 aromatic rings. The number of carbonyl (C=O) groups is 1. The Morgan fingerprint density at radius 2 is 1.69 bits per heavy atom. The largest absolute Gasteiger partial charge is 0.416 e. The number of amides is 1. The molecular weight excluding hydrogens is 503 g/mol. The van der Waals surface area contributed by atoms with Crippen molar-refractivity contribution in [2.45, 2.75) is 31.5 Å². The summed E-state index contributed by atoms with van der Waals surface area (Å²) >= 11 is 6.19. The topological polar surface area (TPSA) is 63.7 Å². The smallest absolute Gasteiger partial charge is 0.379 e. The van der Waals surface area contributed by atoms with E-state index in [0.717, 1.165) is 18.2 Å². The molecule has 0 aliphatic carbocycles. The molecule has 5 nitrogen and oxygen atoms in total. The second kappa shape index (κ2) is 10.7. The van der Waals surface area contributed by atoms with E-state index in [1.807, 2.05) is 13.8 Å². The Kier molecular flexibility index (Phi) is 8.12. The Labute approximate surface area is 207 Å². The van der Waals surface area contributed by atoms with Gasteiger partial charge in [-0.2, -0.15) is 21.6 Å². The van der Waals surface area contributed by atoms with Crippen LogP contribution in [0.2, 0.25) is 5.02 Å². The molecule has 0 spiro atoms. The molecule has 35 heavy (non-hydrogen) atoms. The molecule has 186 valence electrons. The molecule has 0 radical (unpaired) electrons. The summed E-state index contributed by atoms with van der Waals surface area (Å²) < 4.78 is 69.3. The zero-order chi connectivity index (χ0) is 25.8. The van der Waals surface area contributed by atoms with Gasteiger partial charge in [-0.05, 0) is 53.9 Å². The summed E-state index contributed by atoms with van der Waals surface area (Å²) in [5.74, 6) is -0.232. The molecule has 0 saturated carbocycles. The van der Waals surface area contributed by atoms with Gasteiger partial charge >= 0.3 is 16.3 Å². The van der Waals surface area contributed by atoms with Crippen LogP contribution in [0.1, 0.15) is 35.3 Å². The van der Waals surface area contributed by atoms with Gasteiger partial charge in [0.15, 0.2) is 0 Å². The quantitative estimate of drug-likeness (QED) is 0.318. The lowest BCUT2D eigenvalue weighted by atomic mass is 10.1. The minimum Gasteiger partial charge on any atom is -0.379 e. The Hall–Kier alpha value is -3.04. The second-order valence-electron chi connectivity index (χ2n) is 8.27. The van der Waals surface area contributed by atoms with Crippen molar-refractivity contribution in [3.8, 4) is 5.75 Å². The standard InChI is InChI=1S/C25H23ClF3NO4S/c1-17(2)15-30(24(31)22-11-3-4-12-23(22)26)16-18-7-5-9-20(13-18)34-35(32,33)21-10-6-8-19(14-21)25(27,28)29/h3-14,17H,15-16H2,1-2H3. The van der Waals surface area contributed by atoms with Crippen molar-refractivity contribution < 1.29 is 30.6 Å². The number of nitrogens with zero attached hydrogens (tertiary/aromatic N) is 1. The zero-order valence-electron chi connectivity index (χ0n) is 18.9. The third-order valence-electron chi connectivity index (χ3n) is 4.90. The van der Waals surface area contributed by atoms with E-state index in [-0.39, 0.29) is 24.1 Å². The highest BCUT2D eigenvalue weighted by Crippen LogP contribution is 2.31. The first-order valence-electron chi connectivity index (χ1n) is 10.6. The SMILES string of the molecule is CC(C)CN(Cc1cccc(OS(=O)(=O)c2cccc(C(F)(F)F)c2)c1)C(=O)c1ccccc1Cl. The molecule has 0 saturated heterocycles. The maximum Gasteiger partial charge on any atom is 0.416 e. The van der Waals surface area contributed by atoms with Gasteiger partial charge in [-0.25, -0.2) is 0 Å². The van der Waals surface area contributed by atoms with Gasteiger partial charge in [0.05, 0.1) is 16.1 Å². The summed E-state index contributed by atoms with van der Waals surface area (Å²) in [6.07, 6.45) is -4.69. The normalized spacial score (nSPS) is 12.0. The number of rotatable bonds is 8. The highest BCUT2D eigenvalue weighted by Gasteiger charge is 2.32. The van der Waals surface area contributed by atoms with Crippen LogP contribution in [0.25, 0.3) is 0 Å². The van der Waals surface area contributed by atoms with E-state index in [4.69, 9.17) is 15.8 Å². The first-order valence-corrected chi connectivity index (χ1v) is 12.4. The lowest BCUT2D eigenvalue weighted by Gasteiger charge is -2.25. The summed E-state index contributed by atoms with van der Waals surface area (Å²) in [7, 11) is -4.52. The lowest BCUT2D eigenvalue weighted by Crippen LogP contribution is -2.34. The van der Waals surface area contributed by atoms with Gasteiger partial charge in [0.2, 0.25) is 0 Å². The third kappa shape index (κ3) is 6.99. The van der Waals surface area contributed by atoms with Crippen LogP contribution in [0, 0.1) is 5.92 Å². The molecule has 0 bridgehead atoms. The number of alkyl halides is 3. The monoisotopic (exact) mass is 525 g/mol. The average molecular weight is 526 g/mol. The molecule has 0 heterocycles. The van der Waals surface area contributed by atoms with Crippen LogP contribution in [0.15, 0.2) is 77.7 Å². The molecular formula is C25H23ClF3NO4S. The molecule has 0 aliphatic heterocycles. The molecule has 10 heteroatoms. The fraction of sp³-hybridized carbons (Fsp3) is 0.240. The maximum atomic E-state index is 13.1. The summed E-state index contributed by atoms with van der Waals surface area (Å²) in [4.78, 5) is 14.1. The van der Waals surface area contributed by atoms with Crippen LogP contribution in [0.3, 0.4) is 0 Å². The predicted octanol–water partition coefficient (Wildman–Crippen LogP) is 6.42. The van der Waals surface area contributed by atoms with Gasteiger partial charge in [0.1, 0.15) is 10.6 Å². The maximum absolute atomic E-state index is 13.1. The first kappa shape index (κ1) is 26.6. The van der Waals surface area contributed by atoms with Crippen molar-refractivity contribution in [2.75, 3.05) is 6.54 Å². The van der Waals surface area contributed by atoms with Gasteiger partial charge in [0.25, 0.3) is 5.91 Å². The van der Waals surface area contributed by atoms with Gasteiger partial charge in [0, 0.05) is 13.1 Å². The Morgan fingerprint density at radius 1 is 1.00 bits per heavy atom. The number of hydrogen-bond acceptors (Lipinski definition) is 4. The van der Waals surface area contributed by atoms with Gasteiger partial charge in [-0.15, -0.1) is 0 Å². The molecule has 0 atom stereocenters. The van der Waals surface area contributed by atoms with Crippen molar-refractivity contribution >= 4 is 27.6 Å². The van der Waals surface area contributed by atoms with Crippen LogP contribution in [-0.2, 0) is 22.8 Å². The Bertz CT molecular complexity index is 1310. The van der Waals surface area contributed by atoms with Crippen LogP contribution >= 0.6 is 11.6 Å². The van der Waals surface area contributed by atoms with Crippen LogP contribution in [0.5, 0.6) is 5.75 Å². The first-order chi connectivity index (χ1) is 16.4. The van der Waals surface area contributed by atoms with Crippen molar-refractivity contribution in [3.63, 3.8) is 0 Å². The molecule has 3 aromatic carbocycles. The summed E-state index contributed by atoms with van der Waals surface area (Å²) in [5, 5.41) is 0.315. The summed E-state index contributed by atoms with van der Waals surface area (Å²) in [5.41, 5.74) is -0.185. The molecule has 0 N–H and O–H groups in total. The molecule has 0 aromatic heterocycles. The van der Waals surface area contributed by atoms with Crippen LogP contribution in [0.4, 0.5) is 13.2 Å². The van der Waals surface area contributed by atoms with E-state index >= 15 is 0 Å². The molecule has 0 fully saturated rings. The van der Waals surface area contributed by atoms with E-state index in [1.165, 1.54) is 12.1 Å². The van der Waals surface area contributed by atoms with E-state index in [2.05, 4.69) is 0 Å². The molecule has 0 aliphatic rings. The van der Waals surface area contributed by atoms with Crippen molar-refractivity contribution in [1.29, 1.82) is 0 Å². The summed E-state index contributed by atoms with van der Waals surface area (Å²) in [6, 6.07) is 16.0. The summed E-state index contributed by atoms with van der Waals surface area (Å²) in [6.45, 7) is 4.46. The molecule has 3 rings (SSSR count). The second-order valence-corrected chi connectivity index (χ2v) is 10.2. The van der Waals surface area contributed by atoms with Gasteiger partial charge in [-0.3, -0.25) is 4.79 Å². The Morgan fingerprint density at radius 3 is 2.34 bits per heavy atom. The lowest BCUT2D eigenvalue weighted by molar-refractivity contribution is -0.137. The van der Waals surface area contributed by atoms with Crippen LogP contribution in [-0.4, -0.2) is 25.8 Å². The van der Waals surface area contributed by atoms with E-state index < -0.39 is 26.8 Å². The van der Waals surface area contributed by atoms with E-state index in [1.54, 1.807) is 41.3 Å². The third-order valence-corrected chi connectivity index (χ3v) is 6.48. The van der Waals surface area contributed by atoms with E-state index in [9.17, 15) is 26.4 Å². The zero-order valence-corrected chi connectivity index (χ0v) is 20.5. The number of halogens is 4. The average Bonchev–Trinajstić information content (AvgIpc) is 2.78. The minimum atomic E-state index is -4.69. The van der Waals surface area contributed by atoms with Crippen molar-refractivity contribution in [3.05, 3.63) is 94.5 Å². The molecule has 1 amide bonds. The predicted molar refractivity (Wildman–Crippen MR) is 127 cm³/mol. The number of benzene rings is 3. The van der Waals surface area contributed by atoms with Crippen LogP contribution < -0.4 is 4.18 Å². The van der Waals surface area contributed by atoms with Crippen molar-refractivity contribution in [2.24, 2.45) is 5.92 Å². The highest BCUT2D eigenvalue weighted by molar-refractivity contribution is 7.87. The minimum absolute atomic E-state index is 0.0883. The molecule has 0 unspecified atom stereocenters. The van der Waals surface area contributed by atoms with Gasteiger partial charge < -0.3 is 9.08 Å². The van der Waals surface area contributed by atoms with Gasteiger partial charge in [-0.1, -0.05) is 55.8 Å².